The van der Waals surface area contributed by atoms with E-state index in [0.717, 1.165) is 28.2 Å². The van der Waals surface area contributed by atoms with Crippen molar-refractivity contribution in [3.8, 4) is 0 Å². The van der Waals surface area contributed by atoms with Crippen molar-refractivity contribution in [2.75, 3.05) is 5.01 Å². The molecule has 0 amide bonds. The summed E-state index contributed by atoms with van der Waals surface area (Å²) in [6.45, 7) is 0. The molecular weight excluding hydrogens is 416 g/mol. The quantitative estimate of drug-likeness (QED) is 0.307. The first-order chi connectivity index (χ1) is 16.2. The summed E-state index contributed by atoms with van der Waals surface area (Å²) in [7, 11) is 0. The molecular formula is C28H21F2N3. The predicted octanol–water partition coefficient (Wildman–Crippen LogP) is 7.07. The first kappa shape index (κ1) is 20.8. The molecule has 0 bridgehead atoms. The standard InChI is InChI=1S/C28H21F2N3/c29-23-15-13-20(14-16-23)28-18-27(32-33(28)25-10-2-1-3-11-25)21-8-6-9-24(17-21)31-19-22-7-4-5-12-26(22)30/h1-17,19,28H,18H2. The molecule has 0 aromatic heterocycles. The Kier molecular flexibility index (Phi) is 5.77. The van der Waals surface area contributed by atoms with Crippen molar-refractivity contribution >= 4 is 23.3 Å². The summed E-state index contributed by atoms with van der Waals surface area (Å²) in [6.07, 6.45) is 2.20. The van der Waals surface area contributed by atoms with Crippen molar-refractivity contribution in [3.05, 3.63) is 131 Å². The lowest BCUT2D eigenvalue weighted by Gasteiger charge is -2.23. The summed E-state index contributed by atoms with van der Waals surface area (Å²) in [6, 6.07) is 30.8. The van der Waals surface area contributed by atoms with Crippen LogP contribution < -0.4 is 5.01 Å². The van der Waals surface area contributed by atoms with Crippen molar-refractivity contribution < 1.29 is 8.78 Å². The van der Waals surface area contributed by atoms with Gasteiger partial charge in [-0.15, -0.1) is 0 Å². The number of nitrogens with zero attached hydrogens (tertiary/aromatic N) is 3. The van der Waals surface area contributed by atoms with Gasteiger partial charge in [-0.05, 0) is 53.6 Å². The molecule has 3 nitrogen and oxygen atoms in total. The number of hydrazone groups is 1. The highest BCUT2D eigenvalue weighted by Crippen LogP contribution is 2.37. The minimum Gasteiger partial charge on any atom is -0.257 e. The van der Waals surface area contributed by atoms with E-state index < -0.39 is 0 Å². The molecule has 4 aromatic carbocycles. The van der Waals surface area contributed by atoms with Gasteiger partial charge in [-0.25, -0.2) is 8.78 Å². The number of hydrogen-bond donors (Lipinski definition) is 0. The van der Waals surface area contributed by atoms with Gasteiger partial charge in [-0.1, -0.05) is 60.7 Å². The van der Waals surface area contributed by atoms with E-state index in [2.05, 4.69) is 4.99 Å². The third-order valence-electron chi connectivity index (χ3n) is 5.62. The Morgan fingerprint density at radius 1 is 0.818 bits per heavy atom. The zero-order valence-electron chi connectivity index (χ0n) is 17.8. The summed E-state index contributed by atoms with van der Waals surface area (Å²) in [4.78, 5) is 4.46. The van der Waals surface area contributed by atoms with E-state index >= 15 is 0 Å². The summed E-state index contributed by atoms with van der Waals surface area (Å²) < 4.78 is 27.4. The highest BCUT2D eigenvalue weighted by Gasteiger charge is 2.30. The largest absolute Gasteiger partial charge is 0.257 e. The van der Waals surface area contributed by atoms with Gasteiger partial charge in [0.2, 0.25) is 0 Å². The van der Waals surface area contributed by atoms with E-state index in [1.807, 2.05) is 71.7 Å². The monoisotopic (exact) mass is 437 g/mol. The van der Waals surface area contributed by atoms with Crippen molar-refractivity contribution in [1.29, 1.82) is 0 Å². The second-order valence-corrected chi connectivity index (χ2v) is 7.83. The third kappa shape index (κ3) is 4.58. The number of aliphatic imine (C=N–C) groups is 1. The zero-order valence-corrected chi connectivity index (χ0v) is 17.8. The molecule has 1 heterocycles. The molecule has 4 aromatic rings. The van der Waals surface area contributed by atoms with E-state index in [9.17, 15) is 8.78 Å². The highest BCUT2D eigenvalue weighted by atomic mass is 19.1. The average Bonchev–Trinajstić information content (AvgIpc) is 3.30. The number of rotatable bonds is 5. The van der Waals surface area contributed by atoms with Crippen LogP contribution in [0.4, 0.5) is 20.2 Å². The molecule has 1 atom stereocenters. The highest BCUT2D eigenvalue weighted by molar-refractivity contribution is 6.04. The Morgan fingerprint density at radius 3 is 2.36 bits per heavy atom. The second kappa shape index (κ2) is 9.17. The van der Waals surface area contributed by atoms with Crippen molar-refractivity contribution in [2.24, 2.45) is 10.1 Å². The van der Waals surface area contributed by atoms with Crippen LogP contribution in [0.25, 0.3) is 0 Å². The van der Waals surface area contributed by atoms with Gasteiger partial charge < -0.3 is 0 Å². The van der Waals surface area contributed by atoms with Gasteiger partial charge in [-0.3, -0.25) is 10.0 Å². The summed E-state index contributed by atoms with van der Waals surface area (Å²) in [5, 5.41) is 6.91. The molecule has 0 N–H and O–H groups in total. The number of benzene rings is 4. The Bertz CT molecular complexity index is 1310. The lowest BCUT2D eigenvalue weighted by molar-refractivity contribution is 0.624. The summed E-state index contributed by atoms with van der Waals surface area (Å²) >= 11 is 0. The number of hydrogen-bond acceptors (Lipinski definition) is 3. The minimum absolute atomic E-state index is 0.0476. The maximum Gasteiger partial charge on any atom is 0.131 e. The second-order valence-electron chi connectivity index (χ2n) is 7.83. The lowest BCUT2D eigenvalue weighted by Crippen LogP contribution is -2.18. The van der Waals surface area contributed by atoms with Crippen molar-refractivity contribution in [3.63, 3.8) is 0 Å². The van der Waals surface area contributed by atoms with Gasteiger partial charge in [-0.2, -0.15) is 5.10 Å². The van der Waals surface area contributed by atoms with Gasteiger partial charge in [0.25, 0.3) is 0 Å². The molecule has 1 aliphatic rings. The molecule has 0 aliphatic carbocycles. The minimum atomic E-state index is -0.307. The molecule has 0 radical (unpaired) electrons. The topological polar surface area (TPSA) is 28.0 Å². The van der Waals surface area contributed by atoms with Gasteiger partial charge >= 0.3 is 0 Å². The van der Waals surface area contributed by atoms with Crippen molar-refractivity contribution in [1.82, 2.24) is 0 Å². The van der Waals surface area contributed by atoms with Gasteiger partial charge in [0, 0.05) is 18.2 Å². The molecule has 1 aliphatic heterocycles. The molecule has 0 spiro atoms. The molecule has 33 heavy (non-hydrogen) atoms. The smallest absolute Gasteiger partial charge is 0.131 e. The van der Waals surface area contributed by atoms with Gasteiger partial charge in [0.1, 0.15) is 11.6 Å². The molecule has 1 unspecified atom stereocenters. The van der Waals surface area contributed by atoms with Crippen LogP contribution in [0.15, 0.2) is 113 Å². The van der Waals surface area contributed by atoms with E-state index in [1.54, 1.807) is 18.2 Å². The maximum atomic E-state index is 13.9. The maximum absolute atomic E-state index is 13.9. The zero-order chi connectivity index (χ0) is 22.6. The van der Waals surface area contributed by atoms with Crippen LogP contribution in [-0.2, 0) is 0 Å². The number of anilines is 1. The van der Waals surface area contributed by atoms with Crippen molar-refractivity contribution in [2.45, 2.75) is 12.5 Å². The average molecular weight is 437 g/mol. The fraction of sp³-hybridized carbons (Fsp3) is 0.0714. The fourth-order valence-corrected chi connectivity index (χ4v) is 3.94. The van der Waals surface area contributed by atoms with Crippen LogP contribution in [-0.4, -0.2) is 11.9 Å². The number of halogens is 2. The molecule has 5 rings (SSSR count). The Morgan fingerprint density at radius 2 is 1.58 bits per heavy atom. The molecule has 162 valence electrons. The molecule has 0 fully saturated rings. The molecule has 0 saturated carbocycles. The van der Waals surface area contributed by atoms with Crippen LogP contribution in [0.5, 0.6) is 0 Å². The summed E-state index contributed by atoms with van der Waals surface area (Å²) in [5.41, 5.74) is 4.98. The first-order valence-corrected chi connectivity index (χ1v) is 10.7. The van der Waals surface area contributed by atoms with Crippen LogP contribution >= 0.6 is 0 Å². The van der Waals surface area contributed by atoms with E-state index in [0.29, 0.717) is 12.0 Å². The molecule has 0 saturated heterocycles. The van der Waals surface area contributed by atoms with Crippen LogP contribution in [0.1, 0.15) is 29.2 Å². The molecule has 5 heteroatoms. The normalized spacial score (nSPS) is 15.8. The lowest BCUT2D eigenvalue weighted by atomic mass is 9.98. The Labute approximate surface area is 191 Å². The van der Waals surface area contributed by atoms with Gasteiger partial charge in [0.05, 0.1) is 23.1 Å². The SMILES string of the molecule is Fc1ccc(C2CC(c3cccc(N=Cc4ccccc4F)c3)=NN2c2ccccc2)cc1. The van der Waals surface area contributed by atoms with Crippen LogP contribution in [0.2, 0.25) is 0 Å². The Hall–Kier alpha value is -4.12. The number of para-hydroxylation sites is 1. The van der Waals surface area contributed by atoms with Crippen LogP contribution in [0.3, 0.4) is 0 Å². The van der Waals surface area contributed by atoms with E-state index in [-0.39, 0.29) is 17.7 Å². The fourth-order valence-electron chi connectivity index (χ4n) is 3.94. The first-order valence-electron chi connectivity index (χ1n) is 10.7. The van der Waals surface area contributed by atoms with Crippen LogP contribution in [0, 0.1) is 11.6 Å². The third-order valence-corrected chi connectivity index (χ3v) is 5.62. The van der Waals surface area contributed by atoms with E-state index in [4.69, 9.17) is 5.10 Å². The van der Waals surface area contributed by atoms with Gasteiger partial charge in [0.15, 0.2) is 0 Å². The summed E-state index contributed by atoms with van der Waals surface area (Å²) in [5.74, 6) is -0.567. The van der Waals surface area contributed by atoms with E-state index in [1.165, 1.54) is 24.4 Å². The Balaban J connectivity index is 1.47. The predicted molar refractivity (Wildman–Crippen MR) is 129 cm³/mol.